The van der Waals surface area contributed by atoms with E-state index < -0.39 is 0 Å². The molecule has 0 spiro atoms. The van der Waals surface area contributed by atoms with Gasteiger partial charge in [-0.05, 0) is 50.2 Å². The molecule has 0 fully saturated rings. The molecule has 2 aromatic rings. The number of amides is 2. The van der Waals surface area contributed by atoms with Gasteiger partial charge in [0.2, 0.25) is 0 Å². The SMILES string of the molecule is COc1ccccc1NC(=O)Nc1ccc(OC(C)C)cc1. The third kappa shape index (κ3) is 4.41. The molecule has 2 rings (SSSR count). The molecule has 2 N–H and O–H groups in total. The maximum atomic E-state index is 12.0. The highest BCUT2D eigenvalue weighted by Gasteiger charge is 2.07. The highest BCUT2D eigenvalue weighted by Crippen LogP contribution is 2.23. The van der Waals surface area contributed by atoms with Crippen LogP contribution in [0.5, 0.6) is 11.5 Å². The van der Waals surface area contributed by atoms with E-state index >= 15 is 0 Å². The van der Waals surface area contributed by atoms with Crippen molar-refractivity contribution in [3.63, 3.8) is 0 Å². The Labute approximate surface area is 130 Å². The summed E-state index contributed by atoms with van der Waals surface area (Å²) < 4.78 is 10.7. The third-order valence-corrected chi connectivity index (χ3v) is 2.84. The molecule has 2 aromatic carbocycles. The molecule has 0 saturated carbocycles. The van der Waals surface area contributed by atoms with Gasteiger partial charge in [-0.1, -0.05) is 12.1 Å². The van der Waals surface area contributed by atoms with Gasteiger partial charge in [-0.15, -0.1) is 0 Å². The van der Waals surface area contributed by atoms with Crippen molar-refractivity contribution >= 4 is 17.4 Å². The molecule has 2 amide bonds. The van der Waals surface area contributed by atoms with Crippen molar-refractivity contribution in [2.75, 3.05) is 17.7 Å². The zero-order chi connectivity index (χ0) is 15.9. The zero-order valence-corrected chi connectivity index (χ0v) is 12.9. The van der Waals surface area contributed by atoms with E-state index in [1.54, 1.807) is 31.4 Å². The van der Waals surface area contributed by atoms with Crippen molar-refractivity contribution in [1.29, 1.82) is 0 Å². The van der Waals surface area contributed by atoms with Crippen LogP contribution in [0, 0.1) is 0 Å². The lowest BCUT2D eigenvalue weighted by Gasteiger charge is -2.12. The summed E-state index contributed by atoms with van der Waals surface area (Å²) in [5.41, 5.74) is 1.30. The average molecular weight is 300 g/mol. The van der Waals surface area contributed by atoms with Gasteiger partial charge in [0.05, 0.1) is 18.9 Å². The number of hydrogen-bond acceptors (Lipinski definition) is 3. The van der Waals surface area contributed by atoms with Crippen molar-refractivity contribution in [3.8, 4) is 11.5 Å². The minimum atomic E-state index is -0.331. The van der Waals surface area contributed by atoms with E-state index in [1.807, 2.05) is 38.1 Å². The second-order valence-corrected chi connectivity index (χ2v) is 4.97. The van der Waals surface area contributed by atoms with E-state index in [0.717, 1.165) is 5.75 Å². The maximum Gasteiger partial charge on any atom is 0.323 e. The Balaban J connectivity index is 1.97. The zero-order valence-electron chi connectivity index (χ0n) is 12.9. The van der Waals surface area contributed by atoms with Crippen LogP contribution in [-0.4, -0.2) is 19.2 Å². The highest BCUT2D eigenvalue weighted by molar-refractivity contribution is 6.00. The Morgan fingerprint density at radius 3 is 2.32 bits per heavy atom. The number of carbonyl (C=O) groups excluding carboxylic acids is 1. The van der Waals surface area contributed by atoms with E-state index in [0.29, 0.717) is 17.1 Å². The van der Waals surface area contributed by atoms with Gasteiger partial charge in [-0.3, -0.25) is 0 Å². The summed E-state index contributed by atoms with van der Waals surface area (Å²) in [4.78, 5) is 12.0. The number of ether oxygens (including phenoxy) is 2. The van der Waals surface area contributed by atoms with Crippen molar-refractivity contribution in [2.24, 2.45) is 0 Å². The molecule has 5 nitrogen and oxygen atoms in total. The topological polar surface area (TPSA) is 59.6 Å². The molecule has 0 radical (unpaired) electrons. The number of anilines is 2. The molecule has 0 atom stereocenters. The summed E-state index contributed by atoms with van der Waals surface area (Å²) in [6.45, 7) is 3.93. The van der Waals surface area contributed by atoms with E-state index in [2.05, 4.69) is 10.6 Å². The lowest BCUT2D eigenvalue weighted by Crippen LogP contribution is -2.19. The van der Waals surface area contributed by atoms with Crippen LogP contribution >= 0.6 is 0 Å². The summed E-state index contributed by atoms with van der Waals surface area (Å²) in [6, 6.07) is 14.1. The van der Waals surface area contributed by atoms with Crippen LogP contribution < -0.4 is 20.1 Å². The van der Waals surface area contributed by atoms with Crippen molar-refractivity contribution in [3.05, 3.63) is 48.5 Å². The molecule has 0 aliphatic rings. The van der Waals surface area contributed by atoms with Crippen LogP contribution in [0.4, 0.5) is 16.2 Å². The van der Waals surface area contributed by atoms with Crippen LogP contribution in [0.25, 0.3) is 0 Å². The van der Waals surface area contributed by atoms with Crippen molar-refractivity contribution in [2.45, 2.75) is 20.0 Å². The first kappa shape index (κ1) is 15.7. The van der Waals surface area contributed by atoms with Gasteiger partial charge in [0, 0.05) is 5.69 Å². The number of para-hydroxylation sites is 2. The van der Waals surface area contributed by atoms with Crippen molar-refractivity contribution in [1.82, 2.24) is 0 Å². The van der Waals surface area contributed by atoms with Gasteiger partial charge in [0.1, 0.15) is 11.5 Å². The predicted molar refractivity (Wildman–Crippen MR) is 87.8 cm³/mol. The van der Waals surface area contributed by atoms with Gasteiger partial charge in [-0.25, -0.2) is 4.79 Å². The minimum absolute atomic E-state index is 0.118. The molecule has 0 heterocycles. The van der Waals surface area contributed by atoms with Crippen LogP contribution in [-0.2, 0) is 0 Å². The standard InChI is InChI=1S/C17H20N2O3/c1-12(2)22-14-10-8-13(9-11-14)18-17(20)19-15-6-4-5-7-16(15)21-3/h4-12H,1-3H3,(H2,18,19,20). The first-order chi connectivity index (χ1) is 10.6. The fourth-order valence-electron chi connectivity index (χ4n) is 1.92. The Morgan fingerprint density at radius 2 is 1.68 bits per heavy atom. The number of urea groups is 1. The first-order valence-corrected chi connectivity index (χ1v) is 7.06. The fraction of sp³-hybridized carbons (Fsp3) is 0.235. The molecule has 0 aliphatic heterocycles. The second-order valence-electron chi connectivity index (χ2n) is 4.97. The van der Waals surface area contributed by atoms with Crippen LogP contribution in [0.3, 0.4) is 0 Å². The van der Waals surface area contributed by atoms with Crippen molar-refractivity contribution < 1.29 is 14.3 Å². The van der Waals surface area contributed by atoms with Crippen LogP contribution in [0.2, 0.25) is 0 Å². The minimum Gasteiger partial charge on any atom is -0.495 e. The number of benzene rings is 2. The quantitative estimate of drug-likeness (QED) is 0.873. The molecule has 116 valence electrons. The molecular weight excluding hydrogens is 280 g/mol. The molecule has 5 heteroatoms. The van der Waals surface area contributed by atoms with Gasteiger partial charge in [0.15, 0.2) is 0 Å². The molecule has 0 saturated heterocycles. The molecule has 22 heavy (non-hydrogen) atoms. The molecular formula is C17H20N2O3. The number of methoxy groups -OCH3 is 1. The summed E-state index contributed by atoms with van der Waals surface area (Å²) >= 11 is 0. The van der Waals surface area contributed by atoms with E-state index in [-0.39, 0.29) is 12.1 Å². The number of hydrogen-bond donors (Lipinski definition) is 2. The lowest BCUT2D eigenvalue weighted by molar-refractivity contribution is 0.242. The third-order valence-electron chi connectivity index (χ3n) is 2.84. The normalized spacial score (nSPS) is 10.2. The average Bonchev–Trinajstić information content (AvgIpc) is 2.49. The Morgan fingerprint density at radius 1 is 1.00 bits per heavy atom. The number of nitrogens with one attached hydrogen (secondary N) is 2. The molecule has 0 aliphatic carbocycles. The lowest BCUT2D eigenvalue weighted by atomic mass is 10.3. The van der Waals surface area contributed by atoms with Crippen LogP contribution in [0.1, 0.15) is 13.8 Å². The number of carbonyl (C=O) groups is 1. The van der Waals surface area contributed by atoms with E-state index in [4.69, 9.17) is 9.47 Å². The van der Waals surface area contributed by atoms with Crippen LogP contribution in [0.15, 0.2) is 48.5 Å². The van der Waals surface area contributed by atoms with E-state index in [9.17, 15) is 4.79 Å². The maximum absolute atomic E-state index is 12.0. The summed E-state index contributed by atoms with van der Waals surface area (Å²) in [5.74, 6) is 1.38. The molecule has 0 bridgehead atoms. The number of rotatable bonds is 5. The van der Waals surface area contributed by atoms with E-state index in [1.165, 1.54) is 0 Å². The fourth-order valence-corrected chi connectivity index (χ4v) is 1.92. The predicted octanol–water partition coefficient (Wildman–Crippen LogP) is 4.13. The second kappa shape index (κ2) is 7.36. The Hall–Kier alpha value is -2.69. The smallest absolute Gasteiger partial charge is 0.323 e. The molecule has 0 aromatic heterocycles. The summed E-state index contributed by atoms with van der Waals surface area (Å²) in [7, 11) is 1.56. The van der Waals surface area contributed by atoms with Gasteiger partial charge >= 0.3 is 6.03 Å². The van der Waals surface area contributed by atoms with Gasteiger partial charge < -0.3 is 20.1 Å². The highest BCUT2D eigenvalue weighted by atomic mass is 16.5. The van der Waals surface area contributed by atoms with Gasteiger partial charge in [0.25, 0.3) is 0 Å². The summed E-state index contributed by atoms with van der Waals surface area (Å²) in [6.07, 6.45) is 0.118. The Bertz CT molecular complexity index is 624. The van der Waals surface area contributed by atoms with Gasteiger partial charge in [-0.2, -0.15) is 0 Å². The first-order valence-electron chi connectivity index (χ1n) is 7.06. The Kier molecular flexibility index (Phi) is 5.25. The molecule has 0 unspecified atom stereocenters. The summed E-state index contributed by atoms with van der Waals surface area (Å²) in [5, 5.41) is 5.51. The largest absolute Gasteiger partial charge is 0.495 e. The monoisotopic (exact) mass is 300 g/mol.